The number of aliphatic imine (C=N–C) groups is 1. The van der Waals surface area contributed by atoms with E-state index in [-0.39, 0.29) is 12.6 Å². The molecule has 2 aromatic rings. The van der Waals surface area contributed by atoms with E-state index >= 15 is 0 Å². The first-order valence-electron chi connectivity index (χ1n) is 8.28. The van der Waals surface area contributed by atoms with E-state index < -0.39 is 6.10 Å². The highest BCUT2D eigenvalue weighted by Crippen LogP contribution is 2.31. The monoisotopic (exact) mass is 341 g/mol. The van der Waals surface area contributed by atoms with Gasteiger partial charge in [0, 0.05) is 17.5 Å². The SMILES string of the molecule is COc1ccccc1C(O)CN=C(N)NC1CCOc2ccccc21. The maximum atomic E-state index is 10.4. The highest BCUT2D eigenvalue weighted by molar-refractivity contribution is 5.78. The molecule has 3 rings (SSSR count). The lowest BCUT2D eigenvalue weighted by atomic mass is 10.0. The zero-order chi connectivity index (χ0) is 17.6. The minimum absolute atomic E-state index is 0.0529. The maximum Gasteiger partial charge on any atom is 0.189 e. The Hall–Kier alpha value is -2.73. The molecule has 0 aromatic heterocycles. The van der Waals surface area contributed by atoms with E-state index in [1.54, 1.807) is 7.11 Å². The van der Waals surface area contributed by atoms with Crippen molar-refractivity contribution in [2.24, 2.45) is 10.7 Å². The fourth-order valence-electron chi connectivity index (χ4n) is 2.94. The molecule has 0 spiro atoms. The van der Waals surface area contributed by atoms with Crippen molar-refractivity contribution < 1.29 is 14.6 Å². The number of fused-ring (bicyclic) bond motifs is 1. The molecule has 2 unspecified atom stereocenters. The van der Waals surface area contributed by atoms with Crippen LogP contribution in [0.4, 0.5) is 0 Å². The quantitative estimate of drug-likeness (QED) is 0.573. The van der Waals surface area contributed by atoms with E-state index in [2.05, 4.69) is 10.3 Å². The number of hydrogen-bond donors (Lipinski definition) is 3. The Morgan fingerprint density at radius 2 is 2.08 bits per heavy atom. The second-order valence-corrected chi connectivity index (χ2v) is 5.86. The van der Waals surface area contributed by atoms with E-state index in [1.165, 1.54) is 0 Å². The van der Waals surface area contributed by atoms with Crippen LogP contribution in [0, 0.1) is 0 Å². The van der Waals surface area contributed by atoms with Crippen molar-refractivity contribution in [1.29, 1.82) is 0 Å². The molecule has 0 amide bonds. The van der Waals surface area contributed by atoms with E-state index in [0.29, 0.717) is 23.9 Å². The van der Waals surface area contributed by atoms with Crippen LogP contribution in [0.25, 0.3) is 0 Å². The van der Waals surface area contributed by atoms with Gasteiger partial charge in [-0.1, -0.05) is 36.4 Å². The number of hydrogen-bond acceptors (Lipinski definition) is 4. The number of aliphatic hydroxyl groups excluding tert-OH is 1. The van der Waals surface area contributed by atoms with Gasteiger partial charge >= 0.3 is 0 Å². The summed E-state index contributed by atoms with van der Waals surface area (Å²) in [5.74, 6) is 1.80. The minimum Gasteiger partial charge on any atom is -0.496 e. The van der Waals surface area contributed by atoms with E-state index in [0.717, 1.165) is 17.7 Å². The molecule has 0 radical (unpaired) electrons. The van der Waals surface area contributed by atoms with Crippen molar-refractivity contribution in [2.75, 3.05) is 20.3 Å². The number of rotatable bonds is 5. The molecular formula is C19H23N3O3. The predicted octanol–water partition coefficient (Wildman–Crippen LogP) is 2.16. The number of aliphatic hydroxyl groups is 1. The molecule has 6 nitrogen and oxygen atoms in total. The van der Waals surface area contributed by atoms with Gasteiger partial charge in [-0.3, -0.25) is 4.99 Å². The van der Waals surface area contributed by atoms with Crippen molar-refractivity contribution in [2.45, 2.75) is 18.6 Å². The van der Waals surface area contributed by atoms with Gasteiger partial charge in [0.2, 0.25) is 0 Å². The lowest BCUT2D eigenvalue weighted by molar-refractivity contribution is 0.182. The number of para-hydroxylation sites is 2. The van der Waals surface area contributed by atoms with Crippen LogP contribution in [0.2, 0.25) is 0 Å². The summed E-state index contributed by atoms with van der Waals surface area (Å²) in [4.78, 5) is 4.28. The number of benzene rings is 2. The third-order valence-electron chi connectivity index (χ3n) is 4.21. The van der Waals surface area contributed by atoms with Crippen molar-refractivity contribution in [1.82, 2.24) is 5.32 Å². The molecule has 0 aliphatic carbocycles. The van der Waals surface area contributed by atoms with Gasteiger partial charge in [-0.2, -0.15) is 0 Å². The fourth-order valence-corrected chi connectivity index (χ4v) is 2.94. The summed E-state index contributed by atoms with van der Waals surface area (Å²) in [5.41, 5.74) is 7.77. The molecule has 0 fully saturated rings. The maximum absolute atomic E-state index is 10.4. The van der Waals surface area contributed by atoms with Crippen LogP contribution in [0.5, 0.6) is 11.5 Å². The van der Waals surface area contributed by atoms with Gasteiger partial charge in [0.1, 0.15) is 17.6 Å². The van der Waals surface area contributed by atoms with Crippen LogP contribution in [0.15, 0.2) is 53.5 Å². The first kappa shape index (κ1) is 17.1. The van der Waals surface area contributed by atoms with Gasteiger partial charge in [0.15, 0.2) is 5.96 Å². The standard InChI is InChI=1S/C19H23N3O3/c1-24-17-8-4-3-7-14(17)16(23)12-21-19(20)22-15-10-11-25-18-9-5-2-6-13(15)18/h2-9,15-16,23H,10-12H2,1H3,(H3,20,21,22). The molecule has 0 saturated carbocycles. The van der Waals surface area contributed by atoms with Crippen LogP contribution in [0.3, 0.4) is 0 Å². The van der Waals surface area contributed by atoms with Gasteiger partial charge in [0.05, 0.1) is 26.3 Å². The van der Waals surface area contributed by atoms with Gasteiger partial charge < -0.3 is 25.6 Å². The van der Waals surface area contributed by atoms with Crippen LogP contribution < -0.4 is 20.5 Å². The fraction of sp³-hybridized carbons (Fsp3) is 0.316. The first-order chi connectivity index (χ1) is 12.2. The third-order valence-corrected chi connectivity index (χ3v) is 4.21. The number of nitrogens with two attached hydrogens (primary N) is 1. The van der Waals surface area contributed by atoms with Crippen molar-refractivity contribution in [3.63, 3.8) is 0 Å². The van der Waals surface area contributed by atoms with Gasteiger partial charge in [-0.25, -0.2) is 0 Å². The van der Waals surface area contributed by atoms with Crippen molar-refractivity contribution in [3.8, 4) is 11.5 Å². The Morgan fingerprint density at radius 1 is 1.32 bits per heavy atom. The number of nitrogens with one attached hydrogen (secondary N) is 1. The zero-order valence-corrected chi connectivity index (χ0v) is 14.2. The molecule has 1 aliphatic heterocycles. The van der Waals surface area contributed by atoms with Gasteiger partial charge in [0.25, 0.3) is 0 Å². The molecule has 0 saturated heterocycles. The first-order valence-corrected chi connectivity index (χ1v) is 8.28. The van der Waals surface area contributed by atoms with Crippen LogP contribution in [-0.4, -0.2) is 31.3 Å². The Kier molecular flexibility index (Phi) is 5.40. The Labute approximate surface area is 147 Å². The lowest BCUT2D eigenvalue weighted by Gasteiger charge is -2.27. The highest BCUT2D eigenvalue weighted by Gasteiger charge is 2.21. The topological polar surface area (TPSA) is 89.1 Å². The zero-order valence-electron chi connectivity index (χ0n) is 14.2. The molecule has 0 bridgehead atoms. The van der Waals surface area contributed by atoms with E-state index in [9.17, 15) is 5.11 Å². The number of methoxy groups -OCH3 is 1. The number of nitrogens with zero attached hydrogens (tertiary/aromatic N) is 1. The summed E-state index contributed by atoms with van der Waals surface area (Å²) in [6, 6.07) is 15.3. The van der Waals surface area contributed by atoms with Crippen molar-refractivity contribution in [3.05, 3.63) is 59.7 Å². The van der Waals surface area contributed by atoms with Crippen LogP contribution >= 0.6 is 0 Å². The molecule has 2 atom stereocenters. The van der Waals surface area contributed by atoms with Crippen molar-refractivity contribution >= 4 is 5.96 Å². The van der Waals surface area contributed by atoms with Crippen LogP contribution in [0.1, 0.15) is 29.7 Å². The van der Waals surface area contributed by atoms with Gasteiger partial charge in [-0.05, 0) is 12.1 Å². The normalized spacial score (nSPS) is 18.0. The molecule has 4 N–H and O–H groups in total. The Balaban J connectivity index is 1.65. The molecule has 6 heteroatoms. The molecule has 1 heterocycles. The summed E-state index contributed by atoms with van der Waals surface area (Å²) in [6.07, 6.45) is 0.0286. The summed E-state index contributed by atoms with van der Waals surface area (Å²) in [7, 11) is 1.58. The molecular weight excluding hydrogens is 318 g/mol. The number of guanidine groups is 1. The molecule has 2 aromatic carbocycles. The number of ether oxygens (including phenoxy) is 2. The van der Waals surface area contributed by atoms with Gasteiger partial charge in [-0.15, -0.1) is 0 Å². The highest BCUT2D eigenvalue weighted by atomic mass is 16.5. The molecule has 25 heavy (non-hydrogen) atoms. The summed E-state index contributed by atoms with van der Waals surface area (Å²) in [5, 5.41) is 13.6. The van der Waals surface area contributed by atoms with E-state index in [4.69, 9.17) is 15.2 Å². The lowest BCUT2D eigenvalue weighted by Crippen LogP contribution is -2.37. The minimum atomic E-state index is -0.779. The summed E-state index contributed by atoms with van der Waals surface area (Å²) in [6.45, 7) is 0.788. The third kappa shape index (κ3) is 4.03. The predicted molar refractivity (Wildman–Crippen MR) is 96.9 cm³/mol. The van der Waals surface area contributed by atoms with Crippen LogP contribution in [-0.2, 0) is 0 Å². The Bertz CT molecular complexity index is 748. The molecule has 1 aliphatic rings. The second-order valence-electron chi connectivity index (χ2n) is 5.86. The molecule has 132 valence electrons. The smallest absolute Gasteiger partial charge is 0.189 e. The van der Waals surface area contributed by atoms with E-state index in [1.807, 2.05) is 48.5 Å². The Morgan fingerprint density at radius 3 is 2.92 bits per heavy atom. The average molecular weight is 341 g/mol. The summed E-state index contributed by atoms with van der Waals surface area (Å²) < 4.78 is 10.9. The average Bonchev–Trinajstić information content (AvgIpc) is 2.66. The second kappa shape index (κ2) is 7.90. The summed E-state index contributed by atoms with van der Waals surface area (Å²) >= 11 is 0. The largest absolute Gasteiger partial charge is 0.496 e.